The molecule has 1 aromatic rings. The van der Waals surface area contributed by atoms with Crippen LogP contribution in [0.15, 0.2) is 18.2 Å². The number of hydrogen-bond donors (Lipinski definition) is 2. The molecule has 1 saturated heterocycles. The van der Waals surface area contributed by atoms with E-state index in [1.54, 1.807) is 12.1 Å². The summed E-state index contributed by atoms with van der Waals surface area (Å²) in [4.78, 5) is 26.1. The molecule has 3 N–H and O–H groups in total. The summed E-state index contributed by atoms with van der Waals surface area (Å²) in [5.74, 6) is -0.426. The van der Waals surface area contributed by atoms with Crippen LogP contribution in [0.25, 0.3) is 0 Å². The van der Waals surface area contributed by atoms with Crippen LogP contribution >= 0.6 is 0 Å². The Bertz CT molecular complexity index is 640. The molecular formula is C18H27N3O4. The molecule has 1 aromatic carbocycles. The molecule has 7 heteroatoms. The second kappa shape index (κ2) is 7.63. The zero-order chi connectivity index (χ0) is 18.6. The number of benzene rings is 1. The van der Waals surface area contributed by atoms with Crippen molar-refractivity contribution in [3.8, 4) is 0 Å². The number of piperidine rings is 1. The number of hydrogen-bond acceptors (Lipinski definition) is 6. The average molecular weight is 349 g/mol. The molecule has 0 aliphatic carbocycles. The van der Waals surface area contributed by atoms with E-state index < -0.39 is 17.7 Å². The number of esters is 1. The number of methoxy groups -OCH3 is 1. The van der Waals surface area contributed by atoms with E-state index in [2.05, 4.69) is 10.2 Å². The van der Waals surface area contributed by atoms with Gasteiger partial charge >= 0.3 is 12.1 Å². The molecule has 1 aliphatic rings. The fourth-order valence-corrected chi connectivity index (χ4v) is 2.89. The largest absolute Gasteiger partial charge is 0.465 e. The van der Waals surface area contributed by atoms with E-state index in [9.17, 15) is 9.59 Å². The smallest absolute Gasteiger partial charge is 0.407 e. The average Bonchev–Trinajstić information content (AvgIpc) is 2.52. The number of rotatable bonds is 3. The monoisotopic (exact) mass is 349 g/mol. The first-order chi connectivity index (χ1) is 11.7. The molecule has 2 rings (SSSR count). The lowest BCUT2D eigenvalue weighted by Gasteiger charge is -2.35. The van der Waals surface area contributed by atoms with Crippen LogP contribution in [-0.2, 0) is 9.47 Å². The Balaban J connectivity index is 2.11. The SMILES string of the molecule is COC(=O)c1cc(N)ccc1N1CCCC(NC(=O)OC(C)(C)C)C1. The Morgan fingerprint density at radius 3 is 2.68 bits per heavy atom. The maximum atomic E-state index is 12.1. The highest BCUT2D eigenvalue weighted by atomic mass is 16.6. The second-order valence-electron chi connectivity index (χ2n) is 7.20. The standard InChI is InChI=1S/C18H27N3O4/c1-18(2,3)25-17(23)20-13-6-5-9-21(11-13)15-8-7-12(19)10-14(15)16(22)24-4/h7-8,10,13H,5-6,9,11,19H2,1-4H3,(H,20,23). The van der Waals surface area contributed by atoms with Crippen molar-refractivity contribution in [1.82, 2.24) is 5.32 Å². The quantitative estimate of drug-likeness (QED) is 0.643. The molecule has 0 saturated carbocycles. The van der Waals surface area contributed by atoms with Crippen LogP contribution in [0.2, 0.25) is 0 Å². The lowest BCUT2D eigenvalue weighted by Crippen LogP contribution is -2.49. The van der Waals surface area contributed by atoms with Crippen molar-refractivity contribution in [2.45, 2.75) is 45.3 Å². The summed E-state index contributed by atoms with van der Waals surface area (Å²) in [6, 6.07) is 5.14. The molecule has 1 heterocycles. The number of nitrogen functional groups attached to an aromatic ring is 1. The van der Waals surface area contributed by atoms with Crippen molar-refractivity contribution in [1.29, 1.82) is 0 Å². The van der Waals surface area contributed by atoms with Crippen molar-refractivity contribution in [2.24, 2.45) is 0 Å². The number of anilines is 2. The first-order valence-corrected chi connectivity index (χ1v) is 8.42. The van der Waals surface area contributed by atoms with Gasteiger partial charge in [0.1, 0.15) is 5.60 Å². The van der Waals surface area contributed by atoms with Gasteiger partial charge in [-0.05, 0) is 51.8 Å². The number of nitrogens with one attached hydrogen (secondary N) is 1. The Morgan fingerprint density at radius 1 is 1.32 bits per heavy atom. The van der Waals surface area contributed by atoms with Crippen molar-refractivity contribution < 1.29 is 19.1 Å². The third-order valence-corrected chi connectivity index (χ3v) is 3.91. The fourth-order valence-electron chi connectivity index (χ4n) is 2.89. The highest BCUT2D eigenvalue weighted by Gasteiger charge is 2.26. The first-order valence-electron chi connectivity index (χ1n) is 8.42. The van der Waals surface area contributed by atoms with Gasteiger partial charge in [0.05, 0.1) is 18.4 Å². The van der Waals surface area contributed by atoms with Gasteiger partial charge in [-0.3, -0.25) is 0 Å². The molecule has 7 nitrogen and oxygen atoms in total. The summed E-state index contributed by atoms with van der Waals surface area (Å²) in [5, 5.41) is 2.91. The van der Waals surface area contributed by atoms with Crippen molar-refractivity contribution in [3.63, 3.8) is 0 Å². The van der Waals surface area contributed by atoms with Crippen molar-refractivity contribution >= 4 is 23.4 Å². The predicted molar refractivity (Wildman–Crippen MR) is 96.8 cm³/mol. The van der Waals surface area contributed by atoms with E-state index in [-0.39, 0.29) is 6.04 Å². The Hall–Kier alpha value is -2.44. The van der Waals surface area contributed by atoms with Gasteiger partial charge in [-0.25, -0.2) is 9.59 Å². The summed E-state index contributed by atoms with van der Waals surface area (Å²) in [6.07, 6.45) is 1.33. The molecule has 0 spiro atoms. The number of alkyl carbamates (subject to hydrolysis) is 1. The topological polar surface area (TPSA) is 93.9 Å². The van der Waals surface area contributed by atoms with E-state index in [0.717, 1.165) is 25.1 Å². The highest BCUT2D eigenvalue weighted by Crippen LogP contribution is 2.27. The molecule has 1 aliphatic heterocycles. The van der Waals surface area contributed by atoms with Crippen molar-refractivity contribution in [2.75, 3.05) is 30.8 Å². The summed E-state index contributed by atoms with van der Waals surface area (Å²) < 4.78 is 10.2. The zero-order valence-corrected chi connectivity index (χ0v) is 15.3. The Kier molecular flexibility index (Phi) is 5.77. The fraction of sp³-hybridized carbons (Fsp3) is 0.556. The molecule has 138 valence electrons. The Morgan fingerprint density at radius 2 is 2.04 bits per heavy atom. The van der Waals surface area contributed by atoms with Gasteiger partial charge < -0.3 is 25.4 Å². The van der Waals surface area contributed by atoms with Crippen LogP contribution in [0.4, 0.5) is 16.2 Å². The van der Waals surface area contributed by atoms with E-state index in [0.29, 0.717) is 17.8 Å². The number of ether oxygens (including phenoxy) is 2. The Labute approximate surface area is 148 Å². The van der Waals surface area contributed by atoms with Crippen LogP contribution in [0.3, 0.4) is 0 Å². The summed E-state index contributed by atoms with van der Waals surface area (Å²) in [6.45, 7) is 6.87. The van der Waals surface area contributed by atoms with Gasteiger partial charge in [0.15, 0.2) is 0 Å². The number of nitrogens with two attached hydrogens (primary N) is 1. The van der Waals surface area contributed by atoms with Crippen molar-refractivity contribution in [3.05, 3.63) is 23.8 Å². The molecule has 0 bridgehead atoms. The van der Waals surface area contributed by atoms with Crippen LogP contribution in [0, 0.1) is 0 Å². The molecule has 1 amide bonds. The minimum atomic E-state index is -0.534. The van der Waals surface area contributed by atoms with Gasteiger partial charge in [-0.1, -0.05) is 0 Å². The van der Waals surface area contributed by atoms with E-state index in [1.807, 2.05) is 26.8 Å². The van der Waals surface area contributed by atoms with Gasteiger partial charge in [-0.2, -0.15) is 0 Å². The number of nitrogens with zero attached hydrogens (tertiary/aromatic N) is 1. The van der Waals surface area contributed by atoms with Crippen LogP contribution < -0.4 is 16.0 Å². The van der Waals surface area contributed by atoms with E-state index in [4.69, 9.17) is 15.2 Å². The summed E-state index contributed by atoms with van der Waals surface area (Å²) in [7, 11) is 1.35. The second-order valence-corrected chi connectivity index (χ2v) is 7.20. The normalized spacial score (nSPS) is 17.8. The molecule has 25 heavy (non-hydrogen) atoms. The highest BCUT2D eigenvalue weighted by molar-refractivity contribution is 5.97. The molecule has 0 radical (unpaired) electrons. The number of carbonyl (C=O) groups excluding carboxylic acids is 2. The minimum Gasteiger partial charge on any atom is -0.465 e. The first kappa shape index (κ1) is 18.9. The van der Waals surface area contributed by atoms with E-state index >= 15 is 0 Å². The maximum absolute atomic E-state index is 12.1. The minimum absolute atomic E-state index is 0.0494. The lowest BCUT2D eigenvalue weighted by atomic mass is 10.0. The molecular weight excluding hydrogens is 322 g/mol. The van der Waals surface area contributed by atoms with Gasteiger partial charge in [-0.15, -0.1) is 0 Å². The summed E-state index contributed by atoms with van der Waals surface area (Å²) in [5.41, 5.74) is 6.96. The van der Waals surface area contributed by atoms with Gasteiger partial charge in [0, 0.05) is 24.8 Å². The van der Waals surface area contributed by atoms with Gasteiger partial charge in [0.25, 0.3) is 0 Å². The molecule has 0 aromatic heterocycles. The third-order valence-electron chi connectivity index (χ3n) is 3.91. The molecule has 1 unspecified atom stereocenters. The molecule has 1 fully saturated rings. The number of amides is 1. The van der Waals surface area contributed by atoms with Crippen LogP contribution in [0.1, 0.15) is 44.0 Å². The van der Waals surface area contributed by atoms with Crippen LogP contribution in [0.5, 0.6) is 0 Å². The maximum Gasteiger partial charge on any atom is 0.407 e. The zero-order valence-electron chi connectivity index (χ0n) is 15.3. The number of carbonyl (C=O) groups is 2. The predicted octanol–water partition coefficient (Wildman–Crippen LogP) is 2.55. The molecule has 1 atom stereocenters. The van der Waals surface area contributed by atoms with E-state index in [1.165, 1.54) is 7.11 Å². The summed E-state index contributed by atoms with van der Waals surface area (Å²) >= 11 is 0. The lowest BCUT2D eigenvalue weighted by molar-refractivity contribution is 0.0498. The van der Waals surface area contributed by atoms with Gasteiger partial charge in [0.2, 0.25) is 0 Å². The third kappa shape index (κ3) is 5.27. The van der Waals surface area contributed by atoms with Crippen LogP contribution in [-0.4, -0.2) is 43.9 Å².